The van der Waals surface area contributed by atoms with Gasteiger partial charge in [-0.25, -0.2) is 4.79 Å². The summed E-state index contributed by atoms with van der Waals surface area (Å²) in [6.45, 7) is 6.30. The van der Waals surface area contributed by atoms with Gasteiger partial charge in [-0.15, -0.1) is 0 Å². The molecule has 176 valence electrons. The van der Waals surface area contributed by atoms with E-state index in [1.54, 1.807) is 30.0 Å². The number of aliphatic hydroxyl groups is 1. The smallest absolute Gasteiger partial charge is 0.322 e. The SMILES string of the molecule is CC1C(=O)N(CCCCN2CCC3(CC3)C(O)C2)CCN1C(=O)Nc1ccc(Cl)c(Cl)c1. The standard InChI is InChI=1S/C23H32Cl2N4O3/c1-16-21(31)28(10-3-2-9-27-11-8-23(6-7-23)20(30)15-27)12-13-29(16)22(32)26-17-4-5-18(24)19(25)14-17/h4-5,14,16,20,30H,2-3,6-13,15H2,1H3,(H,26,32). The molecule has 2 unspecified atom stereocenters. The van der Waals surface area contributed by atoms with Crippen molar-refractivity contribution in [3.8, 4) is 0 Å². The molecule has 7 nitrogen and oxygen atoms in total. The quantitative estimate of drug-likeness (QED) is 0.606. The average molecular weight is 483 g/mol. The van der Waals surface area contributed by atoms with E-state index in [9.17, 15) is 14.7 Å². The van der Waals surface area contributed by atoms with Gasteiger partial charge in [-0.1, -0.05) is 23.2 Å². The first-order valence-electron chi connectivity index (χ1n) is 11.5. The predicted octanol–water partition coefficient (Wildman–Crippen LogP) is 3.69. The normalized spacial score (nSPS) is 25.3. The monoisotopic (exact) mass is 482 g/mol. The number of nitrogens with zero attached hydrogens (tertiary/aromatic N) is 3. The molecule has 1 spiro atoms. The molecule has 0 radical (unpaired) electrons. The summed E-state index contributed by atoms with van der Waals surface area (Å²) in [6, 6.07) is 4.07. The van der Waals surface area contributed by atoms with E-state index < -0.39 is 6.04 Å². The first-order valence-corrected chi connectivity index (χ1v) is 12.3. The fourth-order valence-corrected chi connectivity index (χ4v) is 5.16. The molecule has 32 heavy (non-hydrogen) atoms. The number of benzene rings is 1. The molecule has 1 aromatic carbocycles. The number of rotatable bonds is 6. The number of carbonyl (C=O) groups is 2. The van der Waals surface area contributed by atoms with Crippen LogP contribution in [0.3, 0.4) is 0 Å². The Balaban J connectivity index is 1.19. The highest BCUT2D eigenvalue weighted by Gasteiger charge is 2.51. The van der Waals surface area contributed by atoms with Gasteiger partial charge in [-0.3, -0.25) is 4.79 Å². The molecular formula is C23H32Cl2N4O3. The molecule has 2 aliphatic heterocycles. The van der Waals surface area contributed by atoms with Crippen LogP contribution in [0, 0.1) is 5.41 Å². The summed E-state index contributed by atoms with van der Waals surface area (Å²) in [5.74, 6) is -0.0235. The van der Waals surface area contributed by atoms with Crippen molar-refractivity contribution in [3.05, 3.63) is 28.2 Å². The summed E-state index contributed by atoms with van der Waals surface area (Å²) in [4.78, 5) is 31.3. The van der Waals surface area contributed by atoms with Crippen molar-refractivity contribution >= 4 is 40.8 Å². The summed E-state index contributed by atoms with van der Waals surface area (Å²) in [5.41, 5.74) is 0.784. The van der Waals surface area contributed by atoms with Crippen molar-refractivity contribution in [2.24, 2.45) is 5.41 Å². The van der Waals surface area contributed by atoms with E-state index in [-0.39, 0.29) is 23.5 Å². The van der Waals surface area contributed by atoms with Crippen molar-refractivity contribution in [1.82, 2.24) is 14.7 Å². The zero-order chi connectivity index (χ0) is 22.9. The van der Waals surface area contributed by atoms with Crippen LogP contribution in [0.4, 0.5) is 10.5 Å². The molecule has 9 heteroatoms. The molecule has 2 atom stereocenters. The summed E-state index contributed by atoms with van der Waals surface area (Å²) >= 11 is 11.9. The number of hydrogen-bond donors (Lipinski definition) is 2. The Morgan fingerprint density at radius 3 is 2.56 bits per heavy atom. The minimum Gasteiger partial charge on any atom is -0.391 e. The number of carbonyl (C=O) groups excluding carboxylic acids is 2. The van der Waals surface area contributed by atoms with Crippen molar-refractivity contribution in [2.45, 2.75) is 51.2 Å². The number of anilines is 1. The highest BCUT2D eigenvalue weighted by molar-refractivity contribution is 6.42. The Hall–Kier alpha value is -1.54. The Labute approximate surface area is 199 Å². The van der Waals surface area contributed by atoms with E-state index >= 15 is 0 Å². The molecule has 3 aliphatic rings. The molecule has 2 heterocycles. The Morgan fingerprint density at radius 2 is 1.88 bits per heavy atom. The van der Waals surface area contributed by atoms with E-state index in [1.165, 1.54) is 12.8 Å². The van der Waals surface area contributed by atoms with Crippen LogP contribution >= 0.6 is 23.2 Å². The molecule has 2 N–H and O–H groups in total. The van der Waals surface area contributed by atoms with Gasteiger partial charge in [-0.2, -0.15) is 0 Å². The summed E-state index contributed by atoms with van der Waals surface area (Å²) in [7, 11) is 0. The summed E-state index contributed by atoms with van der Waals surface area (Å²) in [6.07, 6.45) is 5.21. The fraction of sp³-hybridized carbons (Fsp3) is 0.652. The van der Waals surface area contributed by atoms with E-state index in [1.807, 2.05) is 4.90 Å². The largest absolute Gasteiger partial charge is 0.391 e. The topological polar surface area (TPSA) is 76.1 Å². The van der Waals surface area contributed by atoms with Gasteiger partial charge in [-0.05, 0) is 75.7 Å². The summed E-state index contributed by atoms with van der Waals surface area (Å²) in [5, 5.41) is 13.9. The van der Waals surface area contributed by atoms with Gasteiger partial charge in [0.2, 0.25) is 5.91 Å². The van der Waals surface area contributed by atoms with Crippen molar-refractivity contribution < 1.29 is 14.7 Å². The first-order chi connectivity index (χ1) is 15.3. The van der Waals surface area contributed by atoms with Gasteiger partial charge < -0.3 is 25.1 Å². The van der Waals surface area contributed by atoms with Gasteiger partial charge in [0.25, 0.3) is 0 Å². The van der Waals surface area contributed by atoms with E-state index in [0.717, 1.165) is 38.9 Å². The number of nitrogens with one attached hydrogen (secondary N) is 1. The summed E-state index contributed by atoms with van der Waals surface area (Å²) < 4.78 is 0. The number of piperidine rings is 1. The maximum absolute atomic E-state index is 12.8. The maximum Gasteiger partial charge on any atom is 0.322 e. The molecule has 0 bridgehead atoms. The number of likely N-dealkylation sites (tertiary alicyclic amines) is 1. The molecular weight excluding hydrogens is 451 g/mol. The van der Waals surface area contributed by atoms with Crippen LogP contribution in [0.2, 0.25) is 10.0 Å². The van der Waals surface area contributed by atoms with Crippen molar-refractivity contribution in [3.63, 3.8) is 0 Å². The number of hydrogen-bond acceptors (Lipinski definition) is 4. The lowest BCUT2D eigenvalue weighted by Crippen LogP contribution is -2.58. The zero-order valence-corrected chi connectivity index (χ0v) is 20.0. The molecule has 3 amide bonds. The Kier molecular flexibility index (Phi) is 7.20. The van der Waals surface area contributed by atoms with Crippen LogP contribution in [-0.2, 0) is 4.79 Å². The lowest BCUT2D eigenvalue weighted by atomic mass is 9.90. The second kappa shape index (κ2) is 9.75. The number of aliphatic hydroxyl groups excluding tert-OH is 1. The maximum atomic E-state index is 12.8. The number of urea groups is 1. The number of piperazine rings is 1. The molecule has 3 fully saturated rings. The Bertz CT molecular complexity index is 864. The number of halogens is 2. The van der Waals surface area contributed by atoms with Crippen molar-refractivity contribution in [2.75, 3.05) is 44.6 Å². The third-order valence-corrected chi connectivity index (χ3v) is 8.03. The lowest BCUT2D eigenvalue weighted by molar-refractivity contribution is -0.139. The highest BCUT2D eigenvalue weighted by Crippen LogP contribution is 2.53. The molecule has 1 saturated carbocycles. The van der Waals surface area contributed by atoms with Gasteiger partial charge in [0.15, 0.2) is 0 Å². The predicted molar refractivity (Wildman–Crippen MR) is 126 cm³/mol. The van der Waals surface area contributed by atoms with Gasteiger partial charge in [0, 0.05) is 31.9 Å². The van der Waals surface area contributed by atoms with Crippen LogP contribution in [-0.4, -0.2) is 83.2 Å². The van der Waals surface area contributed by atoms with Crippen LogP contribution in [0.25, 0.3) is 0 Å². The van der Waals surface area contributed by atoms with Crippen LogP contribution < -0.4 is 5.32 Å². The first kappa shape index (κ1) is 23.6. The second-order valence-electron chi connectivity index (χ2n) is 9.39. The highest BCUT2D eigenvalue weighted by atomic mass is 35.5. The number of unbranched alkanes of at least 4 members (excludes halogenated alkanes) is 1. The van der Waals surface area contributed by atoms with E-state index in [2.05, 4.69) is 10.2 Å². The van der Waals surface area contributed by atoms with E-state index in [0.29, 0.717) is 35.4 Å². The van der Waals surface area contributed by atoms with Crippen LogP contribution in [0.5, 0.6) is 0 Å². The Morgan fingerprint density at radius 1 is 1.12 bits per heavy atom. The number of amides is 3. The molecule has 1 aromatic rings. The van der Waals surface area contributed by atoms with E-state index in [4.69, 9.17) is 23.2 Å². The third-order valence-electron chi connectivity index (χ3n) is 7.29. The van der Waals surface area contributed by atoms with Gasteiger partial charge in [0.05, 0.1) is 16.1 Å². The fourth-order valence-electron chi connectivity index (χ4n) is 4.86. The number of β-amino-alcohol motifs (C(OH)–C–C–N with tert-alkyl or cyclic N) is 1. The minimum atomic E-state index is -0.515. The minimum absolute atomic E-state index is 0.0235. The molecule has 1 aliphatic carbocycles. The zero-order valence-electron chi connectivity index (χ0n) is 18.5. The molecule has 2 saturated heterocycles. The van der Waals surface area contributed by atoms with Crippen LogP contribution in [0.1, 0.15) is 39.0 Å². The van der Waals surface area contributed by atoms with Crippen molar-refractivity contribution in [1.29, 1.82) is 0 Å². The molecule has 4 rings (SSSR count). The lowest BCUT2D eigenvalue weighted by Gasteiger charge is -2.39. The third kappa shape index (κ3) is 5.16. The second-order valence-corrected chi connectivity index (χ2v) is 10.2. The average Bonchev–Trinajstić information content (AvgIpc) is 3.54. The molecule has 0 aromatic heterocycles. The van der Waals surface area contributed by atoms with Crippen LogP contribution in [0.15, 0.2) is 18.2 Å². The van der Waals surface area contributed by atoms with Gasteiger partial charge in [0.1, 0.15) is 6.04 Å². The van der Waals surface area contributed by atoms with Gasteiger partial charge >= 0.3 is 6.03 Å².